The van der Waals surface area contributed by atoms with Crippen molar-refractivity contribution >= 4 is 0 Å². The normalized spacial score (nSPS) is 55.0. The first-order valence-corrected chi connectivity index (χ1v) is 20.1. The number of aliphatic hydroxyl groups excluding tert-OH is 9. The number of aliphatic hydroxyl groups is 10. The fraction of sp³-hybridized carbons (Fsp3) is 0.949. The van der Waals surface area contributed by atoms with Gasteiger partial charge in [0.25, 0.3) is 0 Å². The largest absolute Gasteiger partial charge is 0.394 e. The molecule has 3 saturated carbocycles. The molecule has 0 aromatic rings. The molecule has 7 rings (SSSR count). The minimum atomic E-state index is -1.56. The van der Waals surface area contributed by atoms with Crippen LogP contribution in [0.3, 0.4) is 0 Å². The number of ether oxygens (including phenoxy) is 5. The molecule has 0 aromatic heterocycles. The first kappa shape index (κ1) is 41.3. The number of fused-ring (bicyclic) bond motifs is 7. The molecule has 4 aliphatic carbocycles. The van der Waals surface area contributed by atoms with Crippen LogP contribution in [-0.2, 0) is 23.7 Å². The average molecular weight is 773 g/mol. The zero-order chi connectivity index (χ0) is 39.1. The summed E-state index contributed by atoms with van der Waals surface area (Å²) in [5.41, 5.74) is 0.556. The van der Waals surface area contributed by atoms with Gasteiger partial charge < -0.3 is 74.7 Å². The summed E-state index contributed by atoms with van der Waals surface area (Å²) in [5, 5.41) is 104. The second-order valence-electron chi connectivity index (χ2n) is 18.3. The van der Waals surface area contributed by atoms with Crippen molar-refractivity contribution < 1.29 is 74.7 Å². The Morgan fingerprint density at radius 1 is 0.852 bits per heavy atom. The van der Waals surface area contributed by atoms with Crippen LogP contribution in [0.25, 0.3) is 0 Å². The Bertz CT molecular complexity index is 1350. The van der Waals surface area contributed by atoms with Crippen LogP contribution in [0.5, 0.6) is 0 Å². The Hall–Kier alpha value is -0.860. The number of rotatable bonds is 10. The van der Waals surface area contributed by atoms with Crippen molar-refractivity contribution in [3.8, 4) is 0 Å². The standard InChI is InChI=1S/C39H64O15/c1-17(16-50-35-33(47)31(45)29(43)25(14-40)51-35)7-10-39(49)18(2)28-24(54-39)13-23-21-6-5-19-11-20(42)12-27(38(19,4)22(21)8-9-37(23,28)3)53-36-34(48)32(46)30(44)26(15-41)52-36/h5,17-18,20-36,40-49H,6-16H2,1-4H3. The van der Waals surface area contributed by atoms with Crippen LogP contribution < -0.4 is 0 Å². The minimum absolute atomic E-state index is 0.0625. The summed E-state index contributed by atoms with van der Waals surface area (Å²) in [7, 11) is 0. The third-order valence-electron chi connectivity index (χ3n) is 15.4. The molecule has 0 bridgehead atoms. The molecule has 6 fully saturated rings. The van der Waals surface area contributed by atoms with Gasteiger partial charge in [0.15, 0.2) is 18.4 Å². The Balaban J connectivity index is 1.01. The molecule has 3 saturated heterocycles. The maximum Gasteiger partial charge on any atom is 0.187 e. The van der Waals surface area contributed by atoms with Gasteiger partial charge in [-0.3, -0.25) is 0 Å². The molecule has 22 unspecified atom stereocenters. The highest BCUT2D eigenvalue weighted by Gasteiger charge is 2.68. The zero-order valence-electron chi connectivity index (χ0n) is 31.8. The summed E-state index contributed by atoms with van der Waals surface area (Å²) in [5.74, 6) is -0.566. The predicted molar refractivity (Wildman–Crippen MR) is 188 cm³/mol. The van der Waals surface area contributed by atoms with E-state index in [9.17, 15) is 51.1 Å². The quantitative estimate of drug-likeness (QED) is 0.123. The van der Waals surface area contributed by atoms with Crippen LogP contribution in [0.4, 0.5) is 0 Å². The van der Waals surface area contributed by atoms with E-state index in [-0.39, 0.29) is 41.8 Å². The maximum absolute atomic E-state index is 12.0. The predicted octanol–water partition coefficient (Wildman–Crippen LogP) is -0.712. The Morgan fingerprint density at radius 3 is 2.13 bits per heavy atom. The molecule has 0 spiro atoms. The van der Waals surface area contributed by atoms with Gasteiger partial charge in [-0.05, 0) is 73.5 Å². The highest BCUT2D eigenvalue weighted by molar-refractivity contribution is 5.28. The van der Waals surface area contributed by atoms with Gasteiger partial charge >= 0.3 is 0 Å². The third-order valence-corrected chi connectivity index (χ3v) is 15.4. The molecule has 310 valence electrons. The molecule has 22 atom stereocenters. The van der Waals surface area contributed by atoms with E-state index >= 15 is 0 Å². The van der Waals surface area contributed by atoms with Gasteiger partial charge in [-0.15, -0.1) is 0 Å². The lowest BCUT2D eigenvalue weighted by Crippen LogP contribution is -2.62. The average Bonchev–Trinajstić information content (AvgIpc) is 3.58. The van der Waals surface area contributed by atoms with Crippen molar-refractivity contribution in [2.45, 2.75) is 165 Å². The fourth-order valence-electron chi connectivity index (χ4n) is 12.2. The molecule has 0 aromatic carbocycles. The number of hydrogen-bond donors (Lipinski definition) is 10. The van der Waals surface area contributed by atoms with Crippen LogP contribution in [0, 0.1) is 46.3 Å². The Morgan fingerprint density at radius 2 is 1.48 bits per heavy atom. The third kappa shape index (κ3) is 6.74. The van der Waals surface area contributed by atoms with Gasteiger partial charge in [-0.2, -0.15) is 0 Å². The first-order valence-electron chi connectivity index (χ1n) is 20.1. The molecule has 10 N–H and O–H groups in total. The van der Waals surface area contributed by atoms with E-state index in [0.29, 0.717) is 37.5 Å². The van der Waals surface area contributed by atoms with E-state index in [1.165, 1.54) is 0 Å². The maximum atomic E-state index is 12.0. The van der Waals surface area contributed by atoms with E-state index in [2.05, 4.69) is 26.8 Å². The highest BCUT2D eigenvalue weighted by atomic mass is 16.7. The fourth-order valence-corrected chi connectivity index (χ4v) is 12.2. The van der Waals surface area contributed by atoms with Gasteiger partial charge in [0.05, 0.1) is 38.1 Å². The van der Waals surface area contributed by atoms with Crippen LogP contribution in [0.15, 0.2) is 11.6 Å². The summed E-state index contributed by atoms with van der Waals surface area (Å²) in [6.45, 7) is 7.67. The highest BCUT2D eigenvalue weighted by Crippen LogP contribution is 2.70. The van der Waals surface area contributed by atoms with E-state index in [1.54, 1.807) is 0 Å². The van der Waals surface area contributed by atoms with Gasteiger partial charge in [-0.1, -0.05) is 39.3 Å². The van der Waals surface area contributed by atoms with Crippen molar-refractivity contribution in [3.05, 3.63) is 11.6 Å². The summed E-state index contributed by atoms with van der Waals surface area (Å²) < 4.78 is 30.1. The molecule has 0 amide bonds. The molecule has 54 heavy (non-hydrogen) atoms. The molecule has 3 heterocycles. The second-order valence-corrected chi connectivity index (χ2v) is 18.3. The smallest absolute Gasteiger partial charge is 0.187 e. The second kappa shape index (κ2) is 15.4. The molecule has 0 radical (unpaired) electrons. The molecule has 15 heteroatoms. The molecular weight excluding hydrogens is 708 g/mol. The van der Waals surface area contributed by atoms with E-state index < -0.39 is 98.0 Å². The van der Waals surface area contributed by atoms with Crippen LogP contribution in [0.1, 0.15) is 79.1 Å². The SMILES string of the molecule is CC(CCC1(O)OC2CC3C4CC=C5CC(O)CC(OC6OC(CO)C(O)C(O)C6O)C5(C)C4CCC3(C)C2C1C)COC1OC(CO)C(O)C(O)C1O. The lowest BCUT2D eigenvalue weighted by molar-refractivity contribution is -0.324. The van der Waals surface area contributed by atoms with Crippen LogP contribution in [0.2, 0.25) is 0 Å². The lowest BCUT2D eigenvalue weighted by atomic mass is 9.46. The topological polar surface area (TPSA) is 248 Å². The summed E-state index contributed by atoms with van der Waals surface area (Å²) >= 11 is 0. The van der Waals surface area contributed by atoms with Crippen molar-refractivity contribution in [2.24, 2.45) is 46.3 Å². The van der Waals surface area contributed by atoms with Gasteiger partial charge in [0, 0.05) is 24.2 Å². The zero-order valence-corrected chi connectivity index (χ0v) is 31.8. The van der Waals surface area contributed by atoms with Gasteiger partial charge in [0.1, 0.15) is 48.8 Å². The summed E-state index contributed by atoms with van der Waals surface area (Å²) in [4.78, 5) is 0. The summed E-state index contributed by atoms with van der Waals surface area (Å²) in [6.07, 6.45) is -7.41. The van der Waals surface area contributed by atoms with Gasteiger partial charge in [0.2, 0.25) is 0 Å². The van der Waals surface area contributed by atoms with Gasteiger partial charge in [-0.25, -0.2) is 0 Å². The van der Waals surface area contributed by atoms with Crippen molar-refractivity contribution in [1.29, 1.82) is 0 Å². The van der Waals surface area contributed by atoms with E-state index in [0.717, 1.165) is 31.3 Å². The number of hydrogen-bond acceptors (Lipinski definition) is 15. The molecule has 3 aliphatic heterocycles. The minimum Gasteiger partial charge on any atom is -0.394 e. The van der Waals surface area contributed by atoms with Crippen LogP contribution >= 0.6 is 0 Å². The summed E-state index contributed by atoms with van der Waals surface area (Å²) in [6, 6.07) is 0. The van der Waals surface area contributed by atoms with Crippen LogP contribution in [-0.4, -0.2) is 156 Å². The van der Waals surface area contributed by atoms with Crippen molar-refractivity contribution in [3.63, 3.8) is 0 Å². The number of allylic oxidation sites excluding steroid dienone is 1. The Kier molecular flexibility index (Phi) is 11.8. The molecule has 7 aliphatic rings. The first-order chi connectivity index (χ1) is 25.5. The molecular formula is C39H64O15. The lowest BCUT2D eigenvalue weighted by Gasteiger charge is -2.60. The van der Waals surface area contributed by atoms with Crippen molar-refractivity contribution in [2.75, 3.05) is 19.8 Å². The molecule has 15 nitrogen and oxygen atoms in total. The monoisotopic (exact) mass is 772 g/mol. The van der Waals surface area contributed by atoms with E-state index in [1.807, 2.05) is 6.92 Å². The van der Waals surface area contributed by atoms with Crippen molar-refractivity contribution in [1.82, 2.24) is 0 Å². The Labute approximate surface area is 316 Å². The van der Waals surface area contributed by atoms with E-state index in [4.69, 9.17) is 23.7 Å².